The van der Waals surface area contributed by atoms with Gasteiger partial charge in [-0.2, -0.15) is 0 Å². The van der Waals surface area contributed by atoms with Crippen molar-refractivity contribution in [3.05, 3.63) is 176 Å². The van der Waals surface area contributed by atoms with Gasteiger partial charge in [-0.1, -0.05) is 146 Å². The zero-order valence-electron chi connectivity index (χ0n) is 29.9. The van der Waals surface area contributed by atoms with E-state index in [1.807, 2.05) is 48.5 Å². The van der Waals surface area contributed by atoms with E-state index >= 15 is 0 Å². The smallest absolute Gasteiger partial charge is 0.164 e. The number of nitrogens with zero attached hydrogens (tertiary/aromatic N) is 3. The van der Waals surface area contributed by atoms with Crippen LogP contribution in [0.5, 0.6) is 0 Å². The van der Waals surface area contributed by atoms with E-state index in [9.17, 15) is 0 Å². The molecule has 0 aliphatic rings. The molecule has 260 valence electrons. The van der Waals surface area contributed by atoms with E-state index in [0.717, 1.165) is 93.2 Å². The van der Waals surface area contributed by atoms with E-state index in [1.165, 1.54) is 10.8 Å². The lowest BCUT2D eigenvalue weighted by Gasteiger charge is -2.12. The number of rotatable bonds is 4. The average molecular weight is 716 g/mol. The summed E-state index contributed by atoms with van der Waals surface area (Å²) < 4.78 is 12.8. The van der Waals surface area contributed by atoms with E-state index in [-0.39, 0.29) is 0 Å². The Bertz CT molecular complexity index is 3550. The molecule has 0 atom stereocenters. The van der Waals surface area contributed by atoms with Crippen LogP contribution in [0.1, 0.15) is 0 Å². The zero-order valence-corrected chi connectivity index (χ0v) is 29.9. The molecule has 0 saturated heterocycles. The summed E-state index contributed by atoms with van der Waals surface area (Å²) in [4.78, 5) is 15.6. The standard InChI is InChI=1S/C51H29N3O2/c1-2-12-30(13-3-1)31-14-10-15-33(28-31)49-52-50(54-51(53-49)41-20-11-23-44-46(41)38-18-6-8-21-42(38)55-44)34-25-26-35-32(29-34)24-27-40-45(35)36-16-4-5-17-37(36)48-47(40)39-19-7-9-22-43(39)56-48/h1-29H. The zero-order chi connectivity index (χ0) is 36.7. The molecule has 0 bridgehead atoms. The SMILES string of the molecule is c1ccc(-c2cccc(-c3nc(-c4ccc5c(ccc6c5c5ccccc5c5oc7ccccc7c65)c4)nc(-c4cccc5oc6ccccc6c45)n3)c2)cc1. The summed E-state index contributed by atoms with van der Waals surface area (Å²) in [6.07, 6.45) is 0. The Balaban J connectivity index is 1.10. The number of hydrogen-bond acceptors (Lipinski definition) is 5. The van der Waals surface area contributed by atoms with Crippen LogP contribution >= 0.6 is 0 Å². The second-order valence-electron chi connectivity index (χ2n) is 14.3. The first kappa shape index (κ1) is 30.8. The Morgan fingerprint density at radius 3 is 1.71 bits per heavy atom. The minimum absolute atomic E-state index is 0.589. The second kappa shape index (κ2) is 11.9. The third-order valence-corrected chi connectivity index (χ3v) is 11.1. The van der Waals surface area contributed by atoms with Crippen molar-refractivity contribution < 1.29 is 8.83 Å². The Labute approximate surface area is 320 Å². The summed E-state index contributed by atoms with van der Waals surface area (Å²) >= 11 is 0. The van der Waals surface area contributed by atoms with Crippen molar-refractivity contribution in [2.24, 2.45) is 0 Å². The highest BCUT2D eigenvalue weighted by atomic mass is 16.3. The highest BCUT2D eigenvalue weighted by Gasteiger charge is 2.20. The molecule has 0 aliphatic carbocycles. The quantitative estimate of drug-likeness (QED) is 0.170. The van der Waals surface area contributed by atoms with E-state index < -0.39 is 0 Å². The van der Waals surface area contributed by atoms with Crippen molar-refractivity contribution in [2.45, 2.75) is 0 Å². The minimum Gasteiger partial charge on any atom is -0.456 e. The average Bonchev–Trinajstić information content (AvgIpc) is 3.86. The van der Waals surface area contributed by atoms with Gasteiger partial charge in [-0.3, -0.25) is 0 Å². The van der Waals surface area contributed by atoms with Crippen LogP contribution in [-0.4, -0.2) is 15.0 Å². The molecule has 56 heavy (non-hydrogen) atoms. The van der Waals surface area contributed by atoms with Crippen molar-refractivity contribution in [2.75, 3.05) is 0 Å². The first-order valence-electron chi connectivity index (χ1n) is 18.8. The summed E-state index contributed by atoms with van der Waals surface area (Å²) in [6.45, 7) is 0. The lowest BCUT2D eigenvalue weighted by molar-refractivity contribution is 0.669. The van der Waals surface area contributed by atoms with Gasteiger partial charge in [0.1, 0.15) is 22.3 Å². The lowest BCUT2D eigenvalue weighted by atomic mass is 9.92. The predicted octanol–water partition coefficient (Wildman–Crippen LogP) is 13.8. The number of fused-ring (bicyclic) bond motifs is 13. The maximum Gasteiger partial charge on any atom is 0.164 e. The monoisotopic (exact) mass is 715 g/mol. The van der Waals surface area contributed by atoms with Crippen LogP contribution in [0, 0.1) is 0 Å². The summed E-state index contributed by atoms with van der Waals surface area (Å²) in [7, 11) is 0. The molecule has 0 N–H and O–H groups in total. The molecule has 0 spiro atoms. The minimum atomic E-state index is 0.589. The number of aromatic nitrogens is 3. The van der Waals surface area contributed by atoms with Crippen molar-refractivity contribution in [1.82, 2.24) is 15.0 Å². The summed E-state index contributed by atoms with van der Waals surface area (Å²) in [6, 6.07) is 60.9. The van der Waals surface area contributed by atoms with Crippen molar-refractivity contribution >= 4 is 76.2 Å². The summed E-state index contributed by atoms with van der Waals surface area (Å²) in [5.41, 5.74) is 8.38. The Hall–Kier alpha value is -7.63. The van der Waals surface area contributed by atoms with Gasteiger partial charge in [0.2, 0.25) is 0 Å². The van der Waals surface area contributed by atoms with Crippen LogP contribution < -0.4 is 0 Å². The molecule has 5 nitrogen and oxygen atoms in total. The molecule has 9 aromatic carbocycles. The van der Waals surface area contributed by atoms with Gasteiger partial charge < -0.3 is 8.83 Å². The predicted molar refractivity (Wildman–Crippen MR) is 229 cm³/mol. The largest absolute Gasteiger partial charge is 0.456 e. The maximum absolute atomic E-state index is 6.51. The van der Waals surface area contributed by atoms with Gasteiger partial charge >= 0.3 is 0 Å². The highest BCUT2D eigenvalue weighted by molar-refractivity contribution is 6.34. The third kappa shape index (κ3) is 4.64. The molecule has 3 aromatic heterocycles. The maximum atomic E-state index is 6.51. The first-order valence-corrected chi connectivity index (χ1v) is 18.8. The molecular formula is C51H29N3O2. The van der Waals surface area contributed by atoms with Gasteiger partial charge in [0.05, 0.1) is 0 Å². The summed E-state index contributed by atoms with van der Waals surface area (Å²) in [5, 5.41) is 11.2. The molecule has 0 unspecified atom stereocenters. The molecule has 0 saturated carbocycles. The number of hydrogen-bond donors (Lipinski definition) is 0. The Morgan fingerprint density at radius 1 is 0.304 bits per heavy atom. The van der Waals surface area contributed by atoms with Gasteiger partial charge in [-0.05, 0) is 68.4 Å². The van der Waals surface area contributed by atoms with Gasteiger partial charge in [0.25, 0.3) is 0 Å². The van der Waals surface area contributed by atoms with Crippen LogP contribution in [0.25, 0.3) is 121 Å². The van der Waals surface area contributed by atoms with E-state index in [1.54, 1.807) is 0 Å². The van der Waals surface area contributed by atoms with Crippen LogP contribution in [0.4, 0.5) is 0 Å². The van der Waals surface area contributed by atoms with Crippen LogP contribution in [0.15, 0.2) is 185 Å². The van der Waals surface area contributed by atoms with Crippen molar-refractivity contribution in [1.29, 1.82) is 0 Å². The highest BCUT2D eigenvalue weighted by Crippen LogP contribution is 2.44. The molecule has 5 heteroatoms. The van der Waals surface area contributed by atoms with Crippen LogP contribution in [-0.2, 0) is 0 Å². The van der Waals surface area contributed by atoms with Crippen molar-refractivity contribution in [3.8, 4) is 45.3 Å². The Morgan fingerprint density at radius 2 is 0.893 bits per heavy atom. The normalized spacial score (nSPS) is 11.9. The van der Waals surface area contributed by atoms with E-state index in [4.69, 9.17) is 23.8 Å². The molecule has 12 rings (SSSR count). The summed E-state index contributed by atoms with van der Waals surface area (Å²) in [5.74, 6) is 1.79. The third-order valence-electron chi connectivity index (χ3n) is 11.1. The molecule has 3 heterocycles. The van der Waals surface area contributed by atoms with E-state index in [2.05, 4.69) is 127 Å². The van der Waals surface area contributed by atoms with Gasteiger partial charge in [-0.15, -0.1) is 0 Å². The second-order valence-corrected chi connectivity index (χ2v) is 14.3. The number of benzene rings is 9. The fourth-order valence-corrected chi connectivity index (χ4v) is 8.55. The number of furan rings is 2. The van der Waals surface area contributed by atoms with Crippen LogP contribution in [0.2, 0.25) is 0 Å². The van der Waals surface area contributed by atoms with E-state index in [0.29, 0.717) is 17.5 Å². The topological polar surface area (TPSA) is 65.0 Å². The van der Waals surface area contributed by atoms with Gasteiger partial charge in [0, 0.05) is 43.6 Å². The molecule has 0 aliphatic heterocycles. The molecular weight excluding hydrogens is 687 g/mol. The van der Waals surface area contributed by atoms with Crippen molar-refractivity contribution in [3.63, 3.8) is 0 Å². The Kier molecular flexibility index (Phi) is 6.56. The lowest BCUT2D eigenvalue weighted by Crippen LogP contribution is -2.00. The fourth-order valence-electron chi connectivity index (χ4n) is 8.55. The molecule has 0 amide bonds. The molecule has 12 aromatic rings. The molecule has 0 radical (unpaired) electrons. The molecule has 0 fully saturated rings. The number of para-hydroxylation sites is 2. The van der Waals surface area contributed by atoms with Crippen LogP contribution in [0.3, 0.4) is 0 Å². The van der Waals surface area contributed by atoms with Gasteiger partial charge in [-0.25, -0.2) is 15.0 Å². The first-order chi connectivity index (χ1) is 27.7. The van der Waals surface area contributed by atoms with Gasteiger partial charge in [0.15, 0.2) is 17.5 Å². The fraction of sp³-hybridized carbons (Fsp3) is 0.